The van der Waals surface area contributed by atoms with Crippen LogP contribution in [0.1, 0.15) is 6.92 Å². The predicted molar refractivity (Wildman–Crippen MR) is 74.5 cm³/mol. The number of nitrogens with zero attached hydrogens (tertiary/aromatic N) is 2. The van der Waals surface area contributed by atoms with Crippen LogP contribution in [0.2, 0.25) is 0 Å². The number of benzene rings is 1. The van der Waals surface area contributed by atoms with Gasteiger partial charge < -0.3 is 5.11 Å². The van der Waals surface area contributed by atoms with E-state index in [1.54, 1.807) is 17.5 Å². The van der Waals surface area contributed by atoms with Gasteiger partial charge in [-0.2, -0.15) is 0 Å². The minimum atomic E-state index is -1.12. The van der Waals surface area contributed by atoms with Crippen LogP contribution in [-0.4, -0.2) is 27.0 Å². The SMILES string of the molecule is C[C@H](O)C(=O)Nc1nc(-c2cccc([N+](=O)[O-])c2)cs1. The van der Waals surface area contributed by atoms with Gasteiger partial charge in [-0.05, 0) is 6.92 Å². The summed E-state index contributed by atoms with van der Waals surface area (Å²) in [6, 6.07) is 6.07. The molecule has 0 unspecified atom stereocenters. The van der Waals surface area contributed by atoms with Crippen molar-refractivity contribution in [3.63, 3.8) is 0 Å². The molecule has 7 nitrogen and oxygen atoms in total. The first-order valence-corrected chi connectivity index (χ1v) is 6.54. The van der Waals surface area contributed by atoms with Gasteiger partial charge in [0, 0.05) is 23.1 Å². The van der Waals surface area contributed by atoms with Gasteiger partial charge in [0.1, 0.15) is 6.10 Å². The Morgan fingerprint density at radius 3 is 2.95 bits per heavy atom. The van der Waals surface area contributed by atoms with Crippen LogP contribution in [0.25, 0.3) is 11.3 Å². The first-order valence-electron chi connectivity index (χ1n) is 5.66. The Bertz CT molecular complexity index is 654. The Morgan fingerprint density at radius 1 is 1.55 bits per heavy atom. The van der Waals surface area contributed by atoms with Crippen molar-refractivity contribution >= 4 is 28.1 Å². The number of amides is 1. The number of rotatable bonds is 4. The molecule has 0 saturated heterocycles. The van der Waals surface area contributed by atoms with E-state index >= 15 is 0 Å². The van der Waals surface area contributed by atoms with Crippen molar-refractivity contribution in [1.82, 2.24) is 4.98 Å². The minimum absolute atomic E-state index is 0.0231. The fourth-order valence-corrected chi connectivity index (χ4v) is 2.17. The zero-order chi connectivity index (χ0) is 14.7. The van der Waals surface area contributed by atoms with Gasteiger partial charge >= 0.3 is 0 Å². The van der Waals surface area contributed by atoms with E-state index in [1.807, 2.05) is 0 Å². The van der Waals surface area contributed by atoms with Gasteiger partial charge in [-0.1, -0.05) is 12.1 Å². The second-order valence-electron chi connectivity index (χ2n) is 4.01. The van der Waals surface area contributed by atoms with Crippen molar-refractivity contribution in [2.45, 2.75) is 13.0 Å². The number of anilines is 1. The van der Waals surface area contributed by atoms with Crippen molar-refractivity contribution < 1.29 is 14.8 Å². The summed E-state index contributed by atoms with van der Waals surface area (Å²) in [5.41, 5.74) is 1.10. The normalized spacial score (nSPS) is 11.9. The van der Waals surface area contributed by atoms with Crippen LogP contribution in [0, 0.1) is 10.1 Å². The topological polar surface area (TPSA) is 105 Å². The lowest BCUT2D eigenvalue weighted by Crippen LogP contribution is -2.24. The highest BCUT2D eigenvalue weighted by atomic mass is 32.1. The molecule has 0 bridgehead atoms. The number of nitro groups is 1. The molecule has 0 aliphatic heterocycles. The average Bonchev–Trinajstić information content (AvgIpc) is 2.87. The number of thiazole rings is 1. The smallest absolute Gasteiger partial charge is 0.270 e. The van der Waals surface area contributed by atoms with E-state index in [9.17, 15) is 14.9 Å². The Hall–Kier alpha value is -2.32. The molecule has 2 N–H and O–H groups in total. The molecule has 1 amide bonds. The Morgan fingerprint density at radius 2 is 2.30 bits per heavy atom. The van der Waals surface area contributed by atoms with E-state index in [-0.39, 0.29) is 5.69 Å². The van der Waals surface area contributed by atoms with Gasteiger partial charge in [-0.25, -0.2) is 4.98 Å². The van der Waals surface area contributed by atoms with Crippen LogP contribution in [0.4, 0.5) is 10.8 Å². The molecule has 1 atom stereocenters. The van der Waals surface area contributed by atoms with E-state index < -0.39 is 16.9 Å². The first-order chi connectivity index (χ1) is 9.47. The zero-order valence-corrected chi connectivity index (χ0v) is 11.3. The summed E-state index contributed by atoms with van der Waals surface area (Å²) < 4.78 is 0. The van der Waals surface area contributed by atoms with Crippen LogP contribution in [-0.2, 0) is 4.79 Å². The molecule has 0 fully saturated rings. The maximum atomic E-state index is 11.3. The number of nitro benzene ring substituents is 1. The lowest BCUT2D eigenvalue weighted by atomic mass is 10.1. The van der Waals surface area contributed by atoms with Crippen LogP contribution >= 0.6 is 11.3 Å². The minimum Gasteiger partial charge on any atom is -0.384 e. The molecule has 0 spiro atoms. The van der Waals surface area contributed by atoms with Crippen LogP contribution < -0.4 is 5.32 Å². The molecule has 1 aromatic carbocycles. The first kappa shape index (κ1) is 14.1. The third kappa shape index (κ3) is 3.16. The standard InChI is InChI=1S/C12H11N3O4S/c1-7(16)11(17)14-12-13-10(6-20-12)8-3-2-4-9(5-8)15(18)19/h2-7,16H,1H3,(H,13,14,17)/t7-/m0/s1. The van der Waals surface area contributed by atoms with E-state index in [1.165, 1.54) is 30.4 Å². The maximum absolute atomic E-state index is 11.3. The number of carbonyl (C=O) groups excluding carboxylic acids is 1. The lowest BCUT2D eigenvalue weighted by Gasteiger charge is -2.02. The monoisotopic (exact) mass is 293 g/mol. The number of aliphatic hydroxyl groups excluding tert-OH is 1. The van der Waals surface area contributed by atoms with Gasteiger partial charge in [0.25, 0.3) is 11.6 Å². The highest BCUT2D eigenvalue weighted by Gasteiger charge is 2.13. The van der Waals surface area contributed by atoms with Crippen molar-refractivity contribution in [2.75, 3.05) is 5.32 Å². The summed E-state index contributed by atoms with van der Waals surface area (Å²) in [7, 11) is 0. The molecule has 2 rings (SSSR count). The average molecular weight is 293 g/mol. The van der Waals surface area contributed by atoms with Gasteiger partial charge in [0.05, 0.1) is 10.6 Å². The molecule has 0 saturated carbocycles. The lowest BCUT2D eigenvalue weighted by molar-refractivity contribution is -0.384. The molecular weight excluding hydrogens is 282 g/mol. The fraction of sp³-hybridized carbons (Fsp3) is 0.167. The van der Waals surface area contributed by atoms with Crippen molar-refractivity contribution in [3.05, 3.63) is 39.8 Å². The molecule has 0 radical (unpaired) electrons. The van der Waals surface area contributed by atoms with Crippen molar-refractivity contribution in [1.29, 1.82) is 0 Å². The number of carbonyl (C=O) groups is 1. The number of hydrogen-bond acceptors (Lipinski definition) is 6. The largest absolute Gasteiger partial charge is 0.384 e. The summed E-state index contributed by atoms with van der Waals surface area (Å²) in [6.07, 6.45) is -1.12. The van der Waals surface area contributed by atoms with Crippen LogP contribution in [0.15, 0.2) is 29.6 Å². The summed E-state index contributed by atoms with van der Waals surface area (Å²) in [5, 5.41) is 24.3. The van der Waals surface area contributed by atoms with Gasteiger partial charge in [-0.15, -0.1) is 11.3 Å². The molecule has 1 heterocycles. The Labute approximate surface area is 118 Å². The Balaban J connectivity index is 2.22. The van der Waals surface area contributed by atoms with Crippen molar-refractivity contribution in [3.8, 4) is 11.3 Å². The number of aliphatic hydroxyl groups is 1. The molecule has 2 aromatic rings. The van der Waals surface area contributed by atoms with Gasteiger partial charge in [0.2, 0.25) is 0 Å². The summed E-state index contributed by atoms with van der Waals surface area (Å²) in [4.78, 5) is 25.7. The molecular formula is C12H11N3O4S. The van der Waals surface area contributed by atoms with Crippen molar-refractivity contribution in [2.24, 2.45) is 0 Å². The second kappa shape index (κ2) is 5.76. The number of non-ortho nitro benzene ring substituents is 1. The molecule has 104 valence electrons. The highest BCUT2D eigenvalue weighted by molar-refractivity contribution is 7.14. The van der Waals surface area contributed by atoms with Gasteiger partial charge in [-0.3, -0.25) is 20.2 Å². The number of aromatic nitrogens is 1. The number of hydrogen-bond donors (Lipinski definition) is 2. The molecule has 20 heavy (non-hydrogen) atoms. The van der Waals surface area contributed by atoms with Crippen LogP contribution in [0.3, 0.4) is 0 Å². The third-order valence-corrected chi connectivity index (χ3v) is 3.22. The van der Waals surface area contributed by atoms with Crippen LogP contribution in [0.5, 0.6) is 0 Å². The summed E-state index contributed by atoms with van der Waals surface area (Å²) in [5.74, 6) is -0.551. The maximum Gasteiger partial charge on any atom is 0.270 e. The molecule has 8 heteroatoms. The molecule has 0 aliphatic rings. The second-order valence-corrected chi connectivity index (χ2v) is 4.87. The predicted octanol–water partition coefficient (Wildman–Crippen LogP) is 2.04. The van der Waals surface area contributed by atoms with E-state index in [4.69, 9.17) is 5.11 Å². The molecule has 0 aliphatic carbocycles. The zero-order valence-electron chi connectivity index (χ0n) is 10.4. The fourth-order valence-electron chi connectivity index (χ4n) is 1.45. The van der Waals surface area contributed by atoms with E-state index in [2.05, 4.69) is 10.3 Å². The molecule has 1 aromatic heterocycles. The Kier molecular flexibility index (Phi) is 4.06. The van der Waals surface area contributed by atoms with E-state index in [0.29, 0.717) is 16.4 Å². The van der Waals surface area contributed by atoms with Gasteiger partial charge in [0.15, 0.2) is 5.13 Å². The summed E-state index contributed by atoms with van der Waals surface area (Å²) in [6.45, 7) is 1.35. The summed E-state index contributed by atoms with van der Waals surface area (Å²) >= 11 is 1.18. The van der Waals surface area contributed by atoms with E-state index in [0.717, 1.165) is 0 Å². The highest BCUT2D eigenvalue weighted by Crippen LogP contribution is 2.27. The number of nitrogens with one attached hydrogen (secondary N) is 1. The third-order valence-electron chi connectivity index (χ3n) is 2.47. The quantitative estimate of drug-likeness (QED) is 0.663.